The lowest BCUT2D eigenvalue weighted by Crippen LogP contribution is -2.43. The molecular weight excluding hydrogens is 254 g/mol. The highest BCUT2D eigenvalue weighted by Crippen LogP contribution is 2.42. The van der Waals surface area contributed by atoms with E-state index in [4.69, 9.17) is 4.18 Å². The average molecular weight is 271 g/mol. The number of nitrogens with one attached hydrogen (secondary N) is 1. The van der Waals surface area contributed by atoms with Gasteiger partial charge in [0.1, 0.15) is 5.54 Å². The molecule has 0 saturated carbocycles. The Balaban J connectivity index is 2.15. The molecule has 2 unspecified atom stereocenters. The molecule has 2 nitrogen and oxygen atoms in total. The normalized spacial score (nSPS) is 26.5. The Morgan fingerprint density at radius 2 is 1.63 bits per heavy atom. The molecule has 2 aromatic carbocycles. The van der Waals surface area contributed by atoms with Gasteiger partial charge in [-0.15, -0.1) is 0 Å². The van der Waals surface area contributed by atoms with Gasteiger partial charge in [0.05, 0.1) is 18.3 Å². The summed E-state index contributed by atoms with van der Waals surface area (Å²) in [4.78, 5) is 0. The molecule has 0 spiro atoms. The van der Waals surface area contributed by atoms with Crippen LogP contribution in [0.2, 0.25) is 0 Å². The quantitative estimate of drug-likeness (QED) is 0.663. The Morgan fingerprint density at radius 1 is 1.00 bits per heavy atom. The minimum atomic E-state index is -0.278. The highest BCUT2D eigenvalue weighted by molar-refractivity contribution is 7.93. The van der Waals surface area contributed by atoms with Gasteiger partial charge < -0.3 is 0 Å². The van der Waals surface area contributed by atoms with E-state index in [9.17, 15) is 0 Å². The standard InChI is InChI=1S/C16H17NOS/c1-12-8-10-15(11-9-12)16(13(2)18-19-17-16)14-6-4-3-5-7-14/h3-11,13,17H,1-2H3. The molecule has 3 heteroatoms. The van der Waals surface area contributed by atoms with Crippen molar-refractivity contribution < 1.29 is 4.18 Å². The molecule has 1 fully saturated rings. The van der Waals surface area contributed by atoms with Crippen molar-refractivity contribution in [3.05, 3.63) is 71.3 Å². The van der Waals surface area contributed by atoms with E-state index >= 15 is 0 Å². The molecule has 0 radical (unpaired) electrons. The van der Waals surface area contributed by atoms with E-state index in [0.29, 0.717) is 0 Å². The first-order valence-electron chi connectivity index (χ1n) is 6.45. The van der Waals surface area contributed by atoms with Crippen LogP contribution in [0, 0.1) is 6.92 Å². The van der Waals surface area contributed by atoms with Gasteiger partial charge in [-0.05, 0) is 25.0 Å². The largest absolute Gasteiger partial charge is 0.295 e. The smallest absolute Gasteiger partial charge is 0.108 e. The van der Waals surface area contributed by atoms with E-state index in [1.165, 1.54) is 28.9 Å². The summed E-state index contributed by atoms with van der Waals surface area (Å²) in [5.41, 5.74) is 3.46. The van der Waals surface area contributed by atoms with Crippen molar-refractivity contribution in [3.8, 4) is 0 Å². The Kier molecular flexibility index (Phi) is 3.35. The molecule has 1 aliphatic rings. The van der Waals surface area contributed by atoms with Crippen LogP contribution in [-0.2, 0) is 9.72 Å². The average Bonchev–Trinajstić information content (AvgIpc) is 2.83. The van der Waals surface area contributed by atoms with Crippen LogP contribution < -0.4 is 4.72 Å². The minimum Gasteiger partial charge on any atom is -0.295 e. The number of rotatable bonds is 2. The third-order valence-corrected chi connectivity index (χ3v) is 4.53. The zero-order valence-electron chi connectivity index (χ0n) is 11.1. The van der Waals surface area contributed by atoms with Crippen LogP contribution in [0.5, 0.6) is 0 Å². The van der Waals surface area contributed by atoms with Gasteiger partial charge in [0, 0.05) is 0 Å². The maximum Gasteiger partial charge on any atom is 0.108 e. The van der Waals surface area contributed by atoms with E-state index in [0.717, 1.165) is 0 Å². The molecule has 2 atom stereocenters. The highest BCUT2D eigenvalue weighted by atomic mass is 32.2. The van der Waals surface area contributed by atoms with Gasteiger partial charge in [-0.2, -0.15) is 0 Å². The Bertz CT molecular complexity index is 555. The predicted molar refractivity (Wildman–Crippen MR) is 79.7 cm³/mol. The molecule has 1 saturated heterocycles. The number of hydrogen-bond acceptors (Lipinski definition) is 3. The first-order chi connectivity index (χ1) is 9.23. The zero-order valence-corrected chi connectivity index (χ0v) is 11.9. The first kappa shape index (κ1) is 12.7. The lowest BCUT2D eigenvalue weighted by Gasteiger charge is -2.32. The number of aryl methyl sites for hydroxylation is 1. The van der Waals surface area contributed by atoms with E-state index in [2.05, 4.69) is 67.1 Å². The maximum atomic E-state index is 5.71. The molecule has 1 heterocycles. The second-order valence-electron chi connectivity index (χ2n) is 4.96. The molecule has 1 aliphatic heterocycles. The molecule has 0 aliphatic carbocycles. The summed E-state index contributed by atoms with van der Waals surface area (Å²) in [5.74, 6) is 0. The molecular formula is C16H17NOS. The van der Waals surface area contributed by atoms with Crippen LogP contribution in [0.4, 0.5) is 0 Å². The number of benzene rings is 2. The van der Waals surface area contributed by atoms with Crippen LogP contribution in [-0.4, -0.2) is 6.10 Å². The molecule has 98 valence electrons. The van der Waals surface area contributed by atoms with Gasteiger partial charge in [0.25, 0.3) is 0 Å². The summed E-state index contributed by atoms with van der Waals surface area (Å²) >= 11 is 1.33. The SMILES string of the molecule is Cc1ccc(C2(c3ccccc3)NSOC2C)cc1. The molecule has 1 N–H and O–H groups in total. The summed E-state index contributed by atoms with van der Waals surface area (Å²) in [6, 6.07) is 19.2. The van der Waals surface area contributed by atoms with Crippen LogP contribution in [0.15, 0.2) is 54.6 Å². The molecule has 0 aromatic heterocycles. The van der Waals surface area contributed by atoms with Crippen molar-refractivity contribution in [1.29, 1.82) is 0 Å². The predicted octanol–water partition coefficient (Wildman–Crippen LogP) is 3.81. The topological polar surface area (TPSA) is 21.3 Å². The minimum absolute atomic E-state index is 0.0719. The zero-order chi connectivity index (χ0) is 13.3. The van der Waals surface area contributed by atoms with E-state index in [-0.39, 0.29) is 11.6 Å². The van der Waals surface area contributed by atoms with E-state index in [1.807, 2.05) is 6.07 Å². The summed E-state index contributed by atoms with van der Waals surface area (Å²) in [7, 11) is 0. The van der Waals surface area contributed by atoms with Crippen molar-refractivity contribution >= 4 is 12.2 Å². The fourth-order valence-electron chi connectivity index (χ4n) is 2.59. The third kappa shape index (κ3) is 2.08. The number of hydrogen-bond donors (Lipinski definition) is 1. The van der Waals surface area contributed by atoms with Gasteiger partial charge in [0.15, 0.2) is 0 Å². The van der Waals surface area contributed by atoms with Crippen molar-refractivity contribution in [2.45, 2.75) is 25.5 Å². The van der Waals surface area contributed by atoms with Crippen LogP contribution >= 0.6 is 12.2 Å². The summed E-state index contributed by atoms with van der Waals surface area (Å²) in [5, 5.41) is 0. The van der Waals surface area contributed by atoms with Crippen molar-refractivity contribution in [1.82, 2.24) is 4.72 Å². The second kappa shape index (κ2) is 5.00. The highest BCUT2D eigenvalue weighted by Gasteiger charge is 2.45. The van der Waals surface area contributed by atoms with Crippen molar-refractivity contribution in [2.24, 2.45) is 0 Å². The fraction of sp³-hybridized carbons (Fsp3) is 0.250. The van der Waals surface area contributed by atoms with Gasteiger partial charge in [-0.25, -0.2) is 4.72 Å². The molecule has 0 amide bonds. The second-order valence-corrected chi connectivity index (χ2v) is 5.53. The molecule has 2 aromatic rings. The lowest BCUT2D eigenvalue weighted by atomic mass is 9.79. The summed E-state index contributed by atoms with van der Waals surface area (Å²) in [6.07, 6.45) is 0.0719. The lowest BCUT2D eigenvalue weighted by molar-refractivity contribution is 0.207. The van der Waals surface area contributed by atoms with Crippen molar-refractivity contribution in [2.75, 3.05) is 0 Å². The fourth-order valence-corrected chi connectivity index (χ4v) is 3.46. The van der Waals surface area contributed by atoms with Crippen LogP contribution in [0.3, 0.4) is 0 Å². The van der Waals surface area contributed by atoms with Gasteiger partial charge in [-0.1, -0.05) is 60.2 Å². The Labute approximate surface area is 118 Å². The van der Waals surface area contributed by atoms with Gasteiger partial charge in [-0.3, -0.25) is 4.18 Å². The Morgan fingerprint density at radius 3 is 2.21 bits per heavy atom. The van der Waals surface area contributed by atoms with E-state index < -0.39 is 0 Å². The van der Waals surface area contributed by atoms with Crippen molar-refractivity contribution in [3.63, 3.8) is 0 Å². The first-order valence-corrected chi connectivity index (χ1v) is 7.20. The molecule has 3 rings (SSSR count). The van der Waals surface area contributed by atoms with Crippen LogP contribution in [0.25, 0.3) is 0 Å². The summed E-state index contributed by atoms with van der Waals surface area (Å²) < 4.78 is 9.18. The third-order valence-electron chi connectivity index (χ3n) is 3.74. The van der Waals surface area contributed by atoms with Crippen LogP contribution in [0.1, 0.15) is 23.6 Å². The van der Waals surface area contributed by atoms with Gasteiger partial charge in [0.2, 0.25) is 0 Å². The van der Waals surface area contributed by atoms with Gasteiger partial charge >= 0.3 is 0 Å². The molecule has 19 heavy (non-hydrogen) atoms. The maximum absolute atomic E-state index is 5.71. The van der Waals surface area contributed by atoms with E-state index in [1.54, 1.807) is 0 Å². The Hall–Kier alpha value is -1.29. The monoisotopic (exact) mass is 271 g/mol. The molecule has 0 bridgehead atoms. The summed E-state index contributed by atoms with van der Waals surface area (Å²) in [6.45, 7) is 4.22.